The van der Waals surface area contributed by atoms with E-state index in [4.69, 9.17) is 6.69 Å². The summed E-state index contributed by atoms with van der Waals surface area (Å²) in [5, 5.41) is 0. The summed E-state index contributed by atoms with van der Waals surface area (Å²) in [6, 6.07) is 0. The molecule has 0 aromatic rings. The van der Waals surface area contributed by atoms with Crippen LogP contribution in [0, 0.1) is 0 Å². The zero-order valence-corrected chi connectivity index (χ0v) is 8.43. The van der Waals surface area contributed by atoms with Crippen LogP contribution in [0.5, 0.6) is 0 Å². The summed E-state index contributed by atoms with van der Waals surface area (Å²) in [6.07, 6.45) is 0. The molecule has 0 aliphatic heterocycles. The van der Waals surface area contributed by atoms with Crippen LogP contribution in [0.1, 0.15) is 0 Å². The zero-order valence-electron chi connectivity index (χ0n) is 2.43. The maximum absolute atomic E-state index is 8.50. The van der Waals surface area contributed by atoms with Crippen molar-refractivity contribution in [1.29, 1.82) is 0 Å². The van der Waals surface area contributed by atoms with Crippen molar-refractivity contribution >= 4 is 46.7 Å². The van der Waals surface area contributed by atoms with E-state index in [0.29, 0.717) is 0 Å². The van der Waals surface area contributed by atoms with Gasteiger partial charge in [-0.15, -0.1) is 0 Å². The number of hydrogen-bond donors (Lipinski definition) is 0. The molecule has 3 nitrogen and oxygen atoms in total. The number of hydrogen-bond acceptors (Lipinski definition) is 3. The summed E-state index contributed by atoms with van der Waals surface area (Å²) in [6.45, 7) is 0. The Hall–Kier alpha value is 1.69. The van der Waals surface area contributed by atoms with Crippen molar-refractivity contribution in [2.75, 3.05) is 0 Å². The van der Waals surface area contributed by atoms with E-state index < -0.39 is 19.1 Å². The van der Waals surface area contributed by atoms with Crippen molar-refractivity contribution in [2.24, 2.45) is 0 Å². The van der Waals surface area contributed by atoms with Crippen molar-refractivity contribution in [3.8, 4) is 0 Å². The Morgan fingerprint density at radius 2 is 1.20 bits per heavy atom. The summed E-state index contributed by atoms with van der Waals surface area (Å²) in [5.41, 5.74) is 0. The second-order valence-corrected chi connectivity index (χ2v) is 0.344. The molecule has 0 fully saturated rings. The van der Waals surface area contributed by atoms with Crippen LogP contribution in [0.2, 0.25) is 0 Å². The normalized spacial score (nSPS) is 2.80. The van der Waals surface area contributed by atoms with Gasteiger partial charge in [-0.3, -0.25) is 0 Å². The van der Waals surface area contributed by atoms with Gasteiger partial charge < -0.3 is 0 Å². The third kappa shape index (κ3) is 27.2. The molecule has 0 saturated heterocycles. The van der Waals surface area contributed by atoms with Gasteiger partial charge in [-0.1, -0.05) is 0 Å². The summed E-state index contributed by atoms with van der Waals surface area (Å²) >= 11 is -2.22. The first-order valence-electron chi connectivity index (χ1n) is 0.697. The van der Waals surface area contributed by atoms with Crippen LogP contribution < -0.4 is 0 Å². The molecule has 0 aromatic heterocycles. The van der Waals surface area contributed by atoms with Gasteiger partial charge >= 0.3 is 72.5 Å². The second kappa shape index (κ2) is 17.3. The van der Waals surface area contributed by atoms with Crippen molar-refractivity contribution in [2.45, 2.75) is 0 Å². The van der Waals surface area contributed by atoms with Crippen molar-refractivity contribution in [3.05, 3.63) is 0 Å². The third-order valence-corrected chi connectivity index (χ3v) is 0. The van der Waals surface area contributed by atoms with Gasteiger partial charge in [-0.05, 0) is 0 Å². The van der Waals surface area contributed by atoms with E-state index >= 15 is 0 Å². The van der Waals surface area contributed by atoms with Crippen molar-refractivity contribution in [1.82, 2.24) is 0 Å². The SMILES string of the molecule is [O]=[Ba].[O]=[Ti]=[O]. The number of rotatable bonds is 0. The van der Waals surface area contributed by atoms with E-state index in [1.54, 1.807) is 0 Å². The molecule has 0 heterocycles. The molecular formula is BaO3Ti. The van der Waals surface area contributed by atoms with E-state index in [1.807, 2.05) is 0 Å². The van der Waals surface area contributed by atoms with Crippen LogP contribution in [-0.2, 0) is 25.8 Å². The fraction of sp³-hybridized carbons (Fsp3) is 0. The molecule has 5 heteroatoms. The topological polar surface area (TPSA) is 51.2 Å². The van der Waals surface area contributed by atoms with E-state index in [9.17, 15) is 0 Å². The van der Waals surface area contributed by atoms with Gasteiger partial charge in [0.05, 0.1) is 0 Å². The first-order valence-corrected chi connectivity index (χ1v) is 3.78. The van der Waals surface area contributed by atoms with Crippen molar-refractivity contribution in [3.63, 3.8) is 0 Å². The van der Waals surface area contributed by atoms with E-state index in [0.717, 1.165) is 0 Å². The zero-order chi connectivity index (χ0) is 4.71. The average molecular weight is 233 g/mol. The van der Waals surface area contributed by atoms with Gasteiger partial charge in [0.15, 0.2) is 0 Å². The van der Waals surface area contributed by atoms with Crippen molar-refractivity contribution < 1.29 is 25.8 Å². The summed E-state index contributed by atoms with van der Waals surface area (Å²) < 4.78 is 25.4. The van der Waals surface area contributed by atoms with Crippen LogP contribution in [0.4, 0.5) is 0 Å². The molecule has 0 aliphatic carbocycles. The monoisotopic (exact) mass is 234 g/mol. The summed E-state index contributed by atoms with van der Waals surface area (Å²) in [4.78, 5) is 0. The standard InChI is InChI=1S/Ba.3O.Ti. The molecular weight excluding hydrogens is 233 g/mol. The molecule has 0 atom stereocenters. The van der Waals surface area contributed by atoms with E-state index in [-0.39, 0.29) is 46.7 Å². The van der Waals surface area contributed by atoms with Crippen LogP contribution in [-0.4, -0.2) is 46.7 Å². The molecule has 0 unspecified atom stereocenters. The van der Waals surface area contributed by atoms with Gasteiger partial charge in [0, 0.05) is 0 Å². The Labute approximate surface area is 70.9 Å². The second-order valence-electron chi connectivity index (χ2n) is 0.0833. The Morgan fingerprint density at radius 3 is 1.20 bits per heavy atom. The molecule has 0 aromatic carbocycles. The molecule has 0 saturated carbocycles. The van der Waals surface area contributed by atoms with E-state index in [1.165, 1.54) is 0 Å². The summed E-state index contributed by atoms with van der Waals surface area (Å²) in [5.74, 6) is 0. The van der Waals surface area contributed by atoms with Crippen LogP contribution >= 0.6 is 0 Å². The third-order valence-electron chi connectivity index (χ3n) is 0. The first-order chi connectivity index (χ1) is 2.41. The quantitative estimate of drug-likeness (QED) is 0.518. The van der Waals surface area contributed by atoms with Gasteiger partial charge in [-0.2, -0.15) is 0 Å². The predicted octanol–water partition coefficient (Wildman–Crippen LogP) is -0.740. The predicted molar refractivity (Wildman–Crippen MR) is 7.81 cm³/mol. The fourth-order valence-electron chi connectivity index (χ4n) is 0. The fourth-order valence-corrected chi connectivity index (χ4v) is 0. The Morgan fingerprint density at radius 1 is 1.20 bits per heavy atom. The first kappa shape index (κ1) is 9.84. The molecule has 0 rings (SSSR count). The minimum atomic E-state index is -2.00. The molecule has 0 spiro atoms. The van der Waals surface area contributed by atoms with E-state index in [2.05, 4.69) is 0 Å². The van der Waals surface area contributed by atoms with Gasteiger partial charge in [0.2, 0.25) is 0 Å². The molecule has 0 radical (unpaired) electrons. The van der Waals surface area contributed by atoms with Gasteiger partial charge in [0.1, 0.15) is 0 Å². The Bertz CT molecular complexity index is 36.2. The Kier molecular flexibility index (Phi) is 34.1. The minimum absolute atomic E-state index is 0.222. The summed E-state index contributed by atoms with van der Waals surface area (Å²) in [7, 11) is 0. The molecule has 0 aliphatic rings. The molecule has 24 valence electrons. The molecule has 0 bridgehead atoms. The molecule has 0 N–H and O–H groups in total. The maximum atomic E-state index is 8.50. The molecule has 0 amide bonds. The van der Waals surface area contributed by atoms with Crippen LogP contribution in [0.3, 0.4) is 0 Å². The van der Waals surface area contributed by atoms with Crippen LogP contribution in [0.15, 0.2) is 0 Å². The van der Waals surface area contributed by atoms with Gasteiger partial charge in [0.25, 0.3) is 0 Å². The average Bonchev–Trinajstić information content (AvgIpc) is 1.46. The molecule has 5 heavy (non-hydrogen) atoms. The van der Waals surface area contributed by atoms with Gasteiger partial charge in [-0.25, -0.2) is 0 Å². The van der Waals surface area contributed by atoms with Crippen LogP contribution in [0.25, 0.3) is 0 Å². The Balaban J connectivity index is 0.